The van der Waals surface area contributed by atoms with Crippen LogP contribution in [-0.4, -0.2) is 11.8 Å². The Morgan fingerprint density at radius 3 is 2.92 bits per heavy atom. The van der Waals surface area contributed by atoms with Gasteiger partial charge in [0.1, 0.15) is 12.6 Å². The molecular formula is C9H8ClNO. The standard InChI is InChI=1S/C9H8ClNO/c1-12-11-6-5-7-3-2-4-8(10)9(7)11/h2-6H,1H3. The van der Waals surface area contributed by atoms with Crippen molar-refractivity contribution in [1.29, 1.82) is 0 Å². The highest BCUT2D eigenvalue weighted by molar-refractivity contribution is 6.35. The summed E-state index contributed by atoms with van der Waals surface area (Å²) >= 11 is 5.98. The number of para-hydroxylation sites is 1. The minimum absolute atomic E-state index is 0.708. The second-order valence-corrected chi connectivity index (χ2v) is 2.91. The summed E-state index contributed by atoms with van der Waals surface area (Å²) in [6, 6.07) is 7.73. The van der Waals surface area contributed by atoms with Gasteiger partial charge in [0.2, 0.25) is 0 Å². The fourth-order valence-corrected chi connectivity index (χ4v) is 1.54. The van der Waals surface area contributed by atoms with Crippen LogP contribution in [0.25, 0.3) is 10.9 Å². The van der Waals surface area contributed by atoms with Gasteiger partial charge in [-0.1, -0.05) is 23.7 Å². The van der Waals surface area contributed by atoms with Gasteiger partial charge < -0.3 is 4.84 Å². The number of aromatic nitrogens is 1. The summed E-state index contributed by atoms with van der Waals surface area (Å²) in [5.74, 6) is 0. The number of hydrogen-bond donors (Lipinski definition) is 0. The van der Waals surface area contributed by atoms with Crippen LogP contribution in [0.2, 0.25) is 5.02 Å². The number of halogens is 1. The smallest absolute Gasteiger partial charge is 0.105 e. The number of rotatable bonds is 1. The van der Waals surface area contributed by atoms with E-state index >= 15 is 0 Å². The Balaban J connectivity index is 2.83. The summed E-state index contributed by atoms with van der Waals surface area (Å²) in [5.41, 5.74) is 0.918. The third kappa shape index (κ3) is 0.959. The van der Waals surface area contributed by atoms with E-state index in [-0.39, 0.29) is 0 Å². The molecule has 3 heteroatoms. The van der Waals surface area contributed by atoms with Gasteiger partial charge in [-0.05, 0) is 12.1 Å². The number of fused-ring (bicyclic) bond motifs is 1. The molecule has 12 heavy (non-hydrogen) atoms. The third-order valence-corrected chi connectivity index (χ3v) is 2.13. The molecule has 0 fully saturated rings. The zero-order chi connectivity index (χ0) is 8.55. The fraction of sp³-hybridized carbons (Fsp3) is 0.111. The van der Waals surface area contributed by atoms with Crippen molar-refractivity contribution in [3.63, 3.8) is 0 Å². The van der Waals surface area contributed by atoms with Gasteiger partial charge in [-0.3, -0.25) is 0 Å². The minimum Gasteiger partial charge on any atom is -0.417 e. The van der Waals surface area contributed by atoms with Crippen molar-refractivity contribution in [3.05, 3.63) is 35.5 Å². The van der Waals surface area contributed by atoms with Gasteiger partial charge in [0.25, 0.3) is 0 Å². The number of hydrogen-bond acceptors (Lipinski definition) is 1. The van der Waals surface area contributed by atoms with E-state index in [1.807, 2.05) is 30.5 Å². The molecular weight excluding hydrogens is 174 g/mol. The maximum Gasteiger partial charge on any atom is 0.105 e. The first kappa shape index (κ1) is 7.50. The first-order valence-electron chi connectivity index (χ1n) is 3.63. The van der Waals surface area contributed by atoms with E-state index in [2.05, 4.69) is 0 Å². The second-order valence-electron chi connectivity index (χ2n) is 2.50. The van der Waals surface area contributed by atoms with Gasteiger partial charge in [0, 0.05) is 11.6 Å². The highest BCUT2D eigenvalue weighted by Crippen LogP contribution is 2.23. The van der Waals surface area contributed by atoms with Crippen LogP contribution in [0, 0.1) is 0 Å². The van der Waals surface area contributed by atoms with Crippen molar-refractivity contribution in [2.75, 3.05) is 7.11 Å². The molecule has 2 nitrogen and oxygen atoms in total. The largest absolute Gasteiger partial charge is 0.417 e. The normalized spacial score (nSPS) is 10.5. The van der Waals surface area contributed by atoms with Crippen LogP contribution in [0.3, 0.4) is 0 Å². The quantitative estimate of drug-likeness (QED) is 0.659. The summed E-state index contributed by atoms with van der Waals surface area (Å²) in [4.78, 5) is 5.08. The molecule has 1 aromatic carbocycles. The van der Waals surface area contributed by atoms with Crippen molar-refractivity contribution in [1.82, 2.24) is 4.73 Å². The van der Waals surface area contributed by atoms with Crippen LogP contribution in [-0.2, 0) is 0 Å². The fourth-order valence-electron chi connectivity index (χ4n) is 1.27. The van der Waals surface area contributed by atoms with Crippen LogP contribution < -0.4 is 4.84 Å². The van der Waals surface area contributed by atoms with Gasteiger partial charge >= 0.3 is 0 Å². The lowest BCUT2D eigenvalue weighted by Crippen LogP contribution is -2.02. The van der Waals surface area contributed by atoms with E-state index in [4.69, 9.17) is 16.4 Å². The predicted molar refractivity (Wildman–Crippen MR) is 49.5 cm³/mol. The lowest BCUT2D eigenvalue weighted by Gasteiger charge is -2.02. The summed E-state index contributed by atoms with van der Waals surface area (Å²) in [5, 5.41) is 1.80. The van der Waals surface area contributed by atoms with Crippen LogP contribution in [0.4, 0.5) is 0 Å². The van der Waals surface area contributed by atoms with Gasteiger partial charge in [-0.2, -0.15) is 4.73 Å². The van der Waals surface area contributed by atoms with Crippen molar-refractivity contribution < 1.29 is 4.84 Å². The SMILES string of the molecule is COn1ccc2cccc(Cl)c21. The molecule has 2 aromatic rings. The maximum atomic E-state index is 5.98. The van der Waals surface area contributed by atoms with Crippen LogP contribution in [0.15, 0.2) is 30.5 Å². The molecule has 1 aromatic heterocycles. The summed E-state index contributed by atoms with van der Waals surface area (Å²) < 4.78 is 1.65. The van der Waals surface area contributed by atoms with Crippen LogP contribution in [0.1, 0.15) is 0 Å². The van der Waals surface area contributed by atoms with Gasteiger partial charge in [-0.25, -0.2) is 0 Å². The summed E-state index contributed by atoms with van der Waals surface area (Å²) in [7, 11) is 1.61. The molecule has 0 aliphatic rings. The van der Waals surface area contributed by atoms with E-state index in [0.717, 1.165) is 10.9 Å². The average Bonchev–Trinajstić information content (AvgIpc) is 2.49. The molecule has 0 amide bonds. The Hall–Kier alpha value is -1.15. The zero-order valence-electron chi connectivity index (χ0n) is 6.62. The zero-order valence-corrected chi connectivity index (χ0v) is 7.38. The molecule has 0 bridgehead atoms. The molecule has 0 unspecified atom stereocenters. The molecule has 0 atom stereocenters. The van der Waals surface area contributed by atoms with Crippen LogP contribution >= 0.6 is 11.6 Å². The third-order valence-electron chi connectivity index (χ3n) is 1.82. The van der Waals surface area contributed by atoms with E-state index in [1.54, 1.807) is 11.8 Å². The molecule has 0 spiro atoms. The van der Waals surface area contributed by atoms with E-state index in [0.29, 0.717) is 5.02 Å². The Morgan fingerprint density at radius 1 is 1.33 bits per heavy atom. The Morgan fingerprint density at radius 2 is 2.17 bits per heavy atom. The van der Waals surface area contributed by atoms with E-state index in [9.17, 15) is 0 Å². The molecule has 0 saturated carbocycles. The Labute approximate surface area is 75.3 Å². The molecule has 0 aliphatic heterocycles. The molecule has 0 N–H and O–H groups in total. The molecule has 0 aliphatic carbocycles. The maximum absolute atomic E-state index is 5.98. The van der Waals surface area contributed by atoms with Gasteiger partial charge in [-0.15, -0.1) is 0 Å². The highest BCUT2D eigenvalue weighted by Gasteiger charge is 2.03. The average molecular weight is 182 g/mol. The first-order valence-corrected chi connectivity index (χ1v) is 4.01. The summed E-state index contributed by atoms with van der Waals surface area (Å²) in [6.07, 6.45) is 1.84. The highest BCUT2D eigenvalue weighted by atomic mass is 35.5. The Kier molecular flexibility index (Phi) is 1.70. The molecule has 0 radical (unpaired) electrons. The van der Waals surface area contributed by atoms with Crippen LogP contribution in [0.5, 0.6) is 0 Å². The topological polar surface area (TPSA) is 14.2 Å². The lowest BCUT2D eigenvalue weighted by molar-refractivity contribution is 0.179. The molecule has 2 rings (SSSR count). The summed E-state index contributed by atoms with van der Waals surface area (Å²) in [6.45, 7) is 0. The predicted octanol–water partition coefficient (Wildman–Crippen LogP) is 2.35. The van der Waals surface area contributed by atoms with Crippen molar-refractivity contribution >= 4 is 22.5 Å². The second kappa shape index (κ2) is 2.72. The van der Waals surface area contributed by atoms with E-state index < -0.39 is 0 Å². The van der Waals surface area contributed by atoms with Gasteiger partial charge in [0.05, 0.1) is 5.02 Å². The molecule has 1 heterocycles. The van der Waals surface area contributed by atoms with Crippen molar-refractivity contribution in [2.45, 2.75) is 0 Å². The Bertz CT molecular complexity index is 408. The van der Waals surface area contributed by atoms with E-state index in [1.165, 1.54) is 0 Å². The molecule has 0 saturated heterocycles. The number of benzene rings is 1. The minimum atomic E-state index is 0.708. The number of nitrogens with zero attached hydrogens (tertiary/aromatic N) is 1. The van der Waals surface area contributed by atoms with Gasteiger partial charge in [0.15, 0.2) is 0 Å². The molecule has 62 valence electrons. The monoisotopic (exact) mass is 181 g/mol. The first-order chi connectivity index (χ1) is 5.83. The lowest BCUT2D eigenvalue weighted by atomic mass is 10.2. The van der Waals surface area contributed by atoms with Crippen molar-refractivity contribution in [2.24, 2.45) is 0 Å². The van der Waals surface area contributed by atoms with Crippen molar-refractivity contribution in [3.8, 4) is 0 Å².